The van der Waals surface area contributed by atoms with Gasteiger partial charge < -0.3 is 5.32 Å². The van der Waals surface area contributed by atoms with E-state index in [0.717, 1.165) is 18.7 Å². The molecule has 0 aliphatic carbocycles. The van der Waals surface area contributed by atoms with Crippen LogP contribution in [0.1, 0.15) is 17.5 Å². The maximum absolute atomic E-state index is 4.02. The van der Waals surface area contributed by atoms with E-state index in [1.165, 1.54) is 11.1 Å². The van der Waals surface area contributed by atoms with Gasteiger partial charge in [0.1, 0.15) is 0 Å². The fourth-order valence-electron chi connectivity index (χ4n) is 3.25. The molecule has 24 heavy (non-hydrogen) atoms. The zero-order valence-corrected chi connectivity index (χ0v) is 13.9. The molecule has 0 fully saturated rings. The average molecular weight is 313 g/mol. The van der Waals surface area contributed by atoms with Gasteiger partial charge in [0.05, 0.1) is 0 Å². The third-order valence-corrected chi connectivity index (χ3v) is 4.51. The van der Waals surface area contributed by atoms with Crippen LogP contribution in [-0.2, 0) is 5.41 Å². The Morgan fingerprint density at radius 2 is 1.17 bits per heavy atom. The lowest BCUT2D eigenvalue weighted by Crippen LogP contribution is -2.35. The van der Waals surface area contributed by atoms with Gasteiger partial charge in [0, 0.05) is 17.6 Å². The van der Waals surface area contributed by atoms with Crippen LogP contribution in [0.5, 0.6) is 0 Å². The summed E-state index contributed by atoms with van der Waals surface area (Å²) in [6, 6.07) is 31.8. The Bertz CT molecular complexity index is 708. The number of rotatable bonds is 7. The van der Waals surface area contributed by atoms with Crippen molar-refractivity contribution in [3.8, 4) is 0 Å². The highest BCUT2D eigenvalue weighted by Gasteiger charge is 2.32. The van der Waals surface area contributed by atoms with Gasteiger partial charge in [-0.1, -0.05) is 84.9 Å². The summed E-state index contributed by atoms with van der Waals surface area (Å²) in [6.07, 6.45) is 2.90. The SMILES string of the molecule is C=CCC(CNc1ccccc1)(c1ccccc1)c1ccccc1. The Morgan fingerprint density at radius 1 is 0.708 bits per heavy atom. The number of hydrogen-bond acceptors (Lipinski definition) is 1. The minimum atomic E-state index is -0.139. The summed E-state index contributed by atoms with van der Waals surface area (Å²) in [5.41, 5.74) is 3.61. The molecule has 0 spiro atoms. The number of allylic oxidation sites excluding steroid dienone is 1. The van der Waals surface area contributed by atoms with Crippen molar-refractivity contribution in [2.75, 3.05) is 11.9 Å². The highest BCUT2D eigenvalue weighted by molar-refractivity contribution is 5.47. The van der Waals surface area contributed by atoms with Crippen molar-refractivity contribution in [3.63, 3.8) is 0 Å². The van der Waals surface area contributed by atoms with Crippen LogP contribution >= 0.6 is 0 Å². The maximum Gasteiger partial charge on any atom is 0.0409 e. The fraction of sp³-hybridized carbons (Fsp3) is 0.130. The minimum Gasteiger partial charge on any atom is -0.384 e. The van der Waals surface area contributed by atoms with Crippen molar-refractivity contribution in [2.24, 2.45) is 0 Å². The number of para-hydroxylation sites is 1. The molecule has 0 saturated heterocycles. The minimum absolute atomic E-state index is 0.139. The molecule has 120 valence electrons. The van der Waals surface area contributed by atoms with Gasteiger partial charge >= 0.3 is 0 Å². The lowest BCUT2D eigenvalue weighted by atomic mass is 9.72. The molecule has 0 amide bonds. The summed E-state index contributed by atoms with van der Waals surface area (Å²) < 4.78 is 0. The third kappa shape index (κ3) is 3.41. The van der Waals surface area contributed by atoms with Crippen molar-refractivity contribution in [2.45, 2.75) is 11.8 Å². The van der Waals surface area contributed by atoms with E-state index in [-0.39, 0.29) is 5.41 Å². The Labute approximate surface area is 144 Å². The summed E-state index contributed by atoms with van der Waals surface area (Å²) in [5, 5.41) is 3.62. The zero-order chi connectivity index (χ0) is 16.7. The standard InChI is InChI=1S/C23H23N/c1-2-18-23(20-12-6-3-7-13-20,21-14-8-4-9-15-21)19-24-22-16-10-5-11-17-22/h2-17,24H,1,18-19H2. The van der Waals surface area contributed by atoms with E-state index in [1.54, 1.807) is 0 Å². The zero-order valence-electron chi connectivity index (χ0n) is 13.9. The number of nitrogens with one attached hydrogen (secondary N) is 1. The second-order valence-corrected chi connectivity index (χ2v) is 6.03. The molecule has 0 unspecified atom stereocenters. The van der Waals surface area contributed by atoms with Gasteiger partial charge in [0.2, 0.25) is 0 Å². The number of anilines is 1. The van der Waals surface area contributed by atoms with Gasteiger partial charge in [0.15, 0.2) is 0 Å². The van der Waals surface area contributed by atoms with Gasteiger partial charge in [-0.15, -0.1) is 6.58 Å². The van der Waals surface area contributed by atoms with Crippen LogP contribution < -0.4 is 5.32 Å². The maximum atomic E-state index is 4.02. The first-order valence-corrected chi connectivity index (χ1v) is 8.36. The fourth-order valence-corrected chi connectivity index (χ4v) is 3.25. The topological polar surface area (TPSA) is 12.0 Å². The summed E-state index contributed by atoms with van der Waals surface area (Å²) in [6.45, 7) is 4.84. The van der Waals surface area contributed by atoms with E-state index in [0.29, 0.717) is 0 Å². The predicted molar refractivity (Wildman–Crippen MR) is 103 cm³/mol. The molecule has 0 aliphatic heterocycles. The van der Waals surface area contributed by atoms with E-state index >= 15 is 0 Å². The third-order valence-electron chi connectivity index (χ3n) is 4.51. The molecule has 0 heterocycles. The molecule has 0 saturated carbocycles. The monoisotopic (exact) mass is 313 g/mol. The molecular weight excluding hydrogens is 290 g/mol. The van der Waals surface area contributed by atoms with E-state index in [9.17, 15) is 0 Å². The molecule has 0 aliphatic rings. The van der Waals surface area contributed by atoms with Crippen LogP contribution in [0.3, 0.4) is 0 Å². The Kier molecular flexibility index (Phi) is 5.12. The second kappa shape index (κ2) is 7.65. The van der Waals surface area contributed by atoms with Gasteiger partial charge in [-0.25, -0.2) is 0 Å². The quantitative estimate of drug-likeness (QED) is 0.555. The largest absolute Gasteiger partial charge is 0.384 e. The first-order chi connectivity index (χ1) is 11.8. The smallest absolute Gasteiger partial charge is 0.0409 e. The molecule has 3 rings (SSSR count). The van der Waals surface area contributed by atoms with Crippen LogP contribution in [0.2, 0.25) is 0 Å². The normalized spacial score (nSPS) is 11.0. The lowest BCUT2D eigenvalue weighted by molar-refractivity contribution is 0.550. The molecule has 1 N–H and O–H groups in total. The van der Waals surface area contributed by atoms with Crippen LogP contribution in [0, 0.1) is 0 Å². The van der Waals surface area contributed by atoms with Crippen molar-refractivity contribution in [3.05, 3.63) is 115 Å². The molecule has 3 aromatic carbocycles. The first-order valence-electron chi connectivity index (χ1n) is 8.36. The summed E-state index contributed by atoms with van der Waals surface area (Å²) in [7, 11) is 0. The molecule has 1 heteroatoms. The lowest BCUT2D eigenvalue weighted by Gasteiger charge is -2.35. The highest BCUT2D eigenvalue weighted by atomic mass is 14.9. The first kappa shape index (κ1) is 16.1. The molecule has 0 aromatic heterocycles. The number of hydrogen-bond donors (Lipinski definition) is 1. The van der Waals surface area contributed by atoms with Gasteiger partial charge in [-0.2, -0.15) is 0 Å². The van der Waals surface area contributed by atoms with Crippen LogP contribution in [-0.4, -0.2) is 6.54 Å². The average Bonchev–Trinajstić information content (AvgIpc) is 2.67. The Balaban J connectivity index is 2.03. The molecule has 1 nitrogen and oxygen atoms in total. The number of benzene rings is 3. The van der Waals surface area contributed by atoms with Crippen molar-refractivity contribution in [1.29, 1.82) is 0 Å². The highest BCUT2D eigenvalue weighted by Crippen LogP contribution is 2.36. The van der Waals surface area contributed by atoms with E-state index in [1.807, 2.05) is 12.1 Å². The van der Waals surface area contributed by atoms with Crippen LogP contribution in [0.25, 0.3) is 0 Å². The molecule has 3 aromatic rings. The molecule has 0 bridgehead atoms. The van der Waals surface area contributed by atoms with E-state index < -0.39 is 0 Å². The summed E-state index contributed by atoms with van der Waals surface area (Å²) >= 11 is 0. The molecular formula is C23H23N. The van der Waals surface area contributed by atoms with E-state index in [2.05, 4.69) is 96.8 Å². The summed E-state index contributed by atoms with van der Waals surface area (Å²) in [5.74, 6) is 0. The van der Waals surface area contributed by atoms with Crippen molar-refractivity contribution >= 4 is 5.69 Å². The Morgan fingerprint density at radius 3 is 1.62 bits per heavy atom. The van der Waals surface area contributed by atoms with Gasteiger partial charge in [-0.3, -0.25) is 0 Å². The molecule has 0 atom stereocenters. The van der Waals surface area contributed by atoms with Crippen LogP contribution in [0.15, 0.2) is 104 Å². The van der Waals surface area contributed by atoms with Crippen LogP contribution in [0.4, 0.5) is 5.69 Å². The van der Waals surface area contributed by atoms with Gasteiger partial charge in [0.25, 0.3) is 0 Å². The van der Waals surface area contributed by atoms with Crippen molar-refractivity contribution in [1.82, 2.24) is 0 Å². The Hall–Kier alpha value is -2.80. The van der Waals surface area contributed by atoms with Crippen molar-refractivity contribution < 1.29 is 0 Å². The predicted octanol–water partition coefficient (Wildman–Crippen LogP) is 5.66. The van der Waals surface area contributed by atoms with Gasteiger partial charge in [-0.05, 0) is 29.7 Å². The van der Waals surface area contributed by atoms with E-state index in [4.69, 9.17) is 0 Å². The molecule has 0 radical (unpaired) electrons. The second-order valence-electron chi connectivity index (χ2n) is 6.03. The summed E-state index contributed by atoms with van der Waals surface area (Å²) in [4.78, 5) is 0.